The van der Waals surface area contributed by atoms with E-state index >= 15 is 0 Å². The maximum Gasteiger partial charge on any atom is 0.223 e. The summed E-state index contributed by atoms with van der Waals surface area (Å²) in [4.78, 5) is 17.0. The van der Waals surface area contributed by atoms with Crippen LogP contribution in [-0.2, 0) is 18.3 Å². The van der Waals surface area contributed by atoms with E-state index in [1.807, 2.05) is 40.9 Å². The van der Waals surface area contributed by atoms with Gasteiger partial charge in [-0.2, -0.15) is 5.10 Å². The van der Waals surface area contributed by atoms with Gasteiger partial charge in [-0.15, -0.1) is 0 Å². The van der Waals surface area contributed by atoms with Gasteiger partial charge in [0, 0.05) is 50.6 Å². The first-order chi connectivity index (χ1) is 12.1. The van der Waals surface area contributed by atoms with E-state index in [1.165, 1.54) is 0 Å². The number of methoxy groups -OCH3 is 1. The third kappa shape index (κ3) is 3.85. The van der Waals surface area contributed by atoms with E-state index < -0.39 is 0 Å². The Hall–Kier alpha value is -2.34. The second-order valence-electron chi connectivity index (χ2n) is 6.52. The molecular weight excluding hydrogens is 316 g/mol. The summed E-state index contributed by atoms with van der Waals surface area (Å²) in [6.07, 6.45) is 3.01. The number of nitrogens with zero attached hydrogens (tertiary/aromatic N) is 4. The first-order valence-electron chi connectivity index (χ1n) is 8.68. The maximum atomic E-state index is 12.7. The molecule has 1 fully saturated rings. The standard InChI is InChI=1S/C19H26N4O2/c1-21-12-13-23(19(24)9-8-15-10-11-20-22(15)2)14-17(21)16-6-4-5-7-18(16)25-3/h4-7,10-11,17H,8-9,12-14H2,1-3H3/t17-/m0/s1. The minimum atomic E-state index is 0.158. The summed E-state index contributed by atoms with van der Waals surface area (Å²) >= 11 is 0. The number of rotatable bonds is 5. The molecule has 3 rings (SSSR count). The molecule has 6 nitrogen and oxygen atoms in total. The summed E-state index contributed by atoms with van der Waals surface area (Å²) in [5.74, 6) is 1.08. The van der Waals surface area contributed by atoms with E-state index in [9.17, 15) is 4.79 Å². The lowest BCUT2D eigenvalue weighted by Gasteiger charge is -2.40. The van der Waals surface area contributed by atoms with Crippen molar-refractivity contribution in [2.24, 2.45) is 7.05 Å². The molecule has 0 aliphatic carbocycles. The molecule has 1 atom stereocenters. The van der Waals surface area contributed by atoms with Gasteiger partial charge in [0.1, 0.15) is 5.75 Å². The Labute approximate surface area is 149 Å². The quantitative estimate of drug-likeness (QED) is 0.832. The summed E-state index contributed by atoms with van der Waals surface area (Å²) in [5, 5.41) is 4.16. The number of ether oxygens (including phenoxy) is 1. The molecule has 0 spiro atoms. The van der Waals surface area contributed by atoms with Crippen LogP contribution in [0.3, 0.4) is 0 Å². The lowest BCUT2D eigenvalue weighted by atomic mass is 10.0. The predicted octanol–water partition coefficient (Wildman–Crippen LogP) is 1.88. The molecule has 1 amide bonds. The Balaban J connectivity index is 1.67. The van der Waals surface area contributed by atoms with Crippen LogP contribution in [0.15, 0.2) is 36.5 Å². The lowest BCUT2D eigenvalue weighted by molar-refractivity contribution is -0.134. The van der Waals surface area contributed by atoms with Crippen LogP contribution in [0.5, 0.6) is 5.75 Å². The molecule has 2 aromatic rings. The number of hydrogen-bond donors (Lipinski definition) is 0. The minimum absolute atomic E-state index is 0.158. The van der Waals surface area contributed by atoms with Crippen molar-refractivity contribution in [3.8, 4) is 5.75 Å². The first-order valence-corrected chi connectivity index (χ1v) is 8.68. The fourth-order valence-electron chi connectivity index (χ4n) is 3.42. The highest BCUT2D eigenvalue weighted by Crippen LogP contribution is 2.31. The van der Waals surface area contributed by atoms with Crippen LogP contribution in [0.2, 0.25) is 0 Å². The third-order valence-corrected chi connectivity index (χ3v) is 5.02. The van der Waals surface area contributed by atoms with Crippen LogP contribution < -0.4 is 4.74 Å². The largest absolute Gasteiger partial charge is 0.496 e. The molecule has 6 heteroatoms. The van der Waals surface area contributed by atoms with Crippen molar-refractivity contribution in [1.82, 2.24) is 19.6 Å². The number of carbonyl (C=O) groups is 1. The van der Waals surface area contributed by atoms with Gasteiger partial charge in [-0.1, -0.05) is 18.2 Å². The number of carbonyl (C=O) groups excluding carboxylic acids is 1. The van der Waals surface area contributed by atoms with E-state index in [0.29, 0.717) is 13.0 Å². The van der Waals surface area contributed by atoms with Crippen molar-refractivity contribution >= 4 is 5.91 Å². The zero-order chi connectivity index (χ0) is 17.8. The molecule has 2 heterocycles. The summed E-state index contributed by atoms with van der Waals surface area (Å²) in [6.45, 7) is 2.33. The van der Waals surface area contributed by atoms with E-state index in [0.717, 1.165) is 36.5 Å². The van der Waals surface area contributed by atoms with Gasteiger partial charge < -0.3 is 9.64 Å². The van der Waals surface area contributed by atoms with Gasteiger partial charge in [-0.25, -0.2) is 0 Å². The molecule has 0 unspecified atom stereocenters. The van der Waals surface area contributed by atoms with E-state index in [-0.39, 0.29) is 11.9 Å². The fraction of sp³-hybridized carbons (Fsp3) is 0.474. The average molecular weight is 342 g/mol. The molecule has 25 heavy (non-hydrogen) atoms. The fourth-order valence-corrected chi connectivity index (χ4v) is 3.42. The van der Waals surface area contributed by atoms with Crippen LogP contribution in [0.4, 0.5) is 0 Å². The highest BCUT2D eigenvalue weighted by Gasteiger charge is 2.29. The second-order valence-corrected chi connectivity index (χ2v) is 6.52. The van der Waals surface area contributed by atoms with Crippen molar-refractivity contribution in [3.63, 3.8) is 0 Å². The third-order valence-electron chi connectivity index (χ3n) is 5.02. The Bertz CT molecular complexity index is 728. The zero-order valence-electron chi connectivity index (χ0n) is 15.2. The van der Waals surface area contributed by atoms with Crippen molar-refractivity contribution in [1.29, 1.82) is 0 Å². The topological polar surface area (TPSA) is 50.6 Å². The SMILES string of the molecule is COc1ccccc1[C@@H]1CN(C(=O)CCc2ccnn2C)CCN1C. The average Bonchev–Trinajstić information content (AvgIpc) is 3.05. The van der Waals surface area contributed by atoms with Crippen molar-refractivity contribution < 1.29 is 9.53 Å². The molecule has 0 N–H and O–H groups in total. The van der Waals surface area contributed by atoms with Gasteiger partial charge in [0.05, 0.1) is 13.2 Å². The van der Waals surface area contributed by atoms with Crippen LogP contribution in [0.25, 0.3) is 0 Å². The van der Waals surface area contributed by atoms with Crippen LogP contribution >= 0.6 is 0 Å². The maximum absolute atomic E-state index is 12.7. The molecule has 1 aromatic heterocycles. The second kappa shape index (κ2) is 7.70. The number of aromatic nitrogens is 2. The molecular formula is C19H26N4O2. The van der Waals surface area contributed by atoms with Crippen LogP contribution in [0.1, 0.15) is 23.7 Å². The molecule has 134 valence electrons. The van der Waals surface area contributed by atoms with Gasteiger partial charge >= 0.3 is 0 Å². The lowest BCUT2D eigenvalue weighted by Crippen LogP contribution is -2.49. The molecule has 1 aliphatic rings. The number of hydrogen-bond acceptors (Lipinski definition) is 4. The van der Waals surface area contributed by atoms with Gasteiger partial charge in [0.2, 0.25) is 5.91 Å². The summed E-state index contributed by atoms with van der Waals surface area (Å²) in [7, 11) is 5.71. The van der Waals surface area contributed by atoms with Crippen molar-refractivity contribution in [2.45, 2.75) is 18.9 Å². The minimum Gasteiger partial charge on any atom is -0.496 e. The molecule has 0 saturated carbocycles. The van der Waals surface area contributed by atoms with Gasteiger partial charge in [-0.05, 0) is 25.6 Å². The summed E-state index contributed by atoms with van der Waals surface area (Å²) < 4.78 is 7.34. The molecule has 0 bridgehead atoms. The molecule has 1 aliphatic heterocycles. The summed E-state index contributed by atoms with van der Waals surface area (Å²) in [5.41, 5.74) is 2.22. The number of aryl methyl sites for hydroxylation is 2. The van der Waals surface area contributed by atoms with Crippen molar-refractivity contribution in [2.75, 3.05) is 33.8 Å². The molecule has 0 radical (unpaired) electrons. The first kappa shape index (κ1) is 17.5. The van der Waals surface area contributed by atoms with Gasteiger partial charge in [0.15, 0.2) is 0 Å². The van der Waals surface area contributed by atoms with Gasteiger partial charge in [-0.3, -0.25) is 14.4 Å². The highest BCUT2D eigenvalue weighted by molar-refractivity contribution is 5.76. The number of piperazine rings is 1. The molecule has 1 saturated heterocycles. The normalized spacial score (nSPS) is 18.4. The Morgan fingerprint density at radius 3 is 2.76 bits per heavy atom. The Kier molecular flexibility index (Phi) is 5.38. The number of para-hydroxylation sites is 1. The van der Waals surface area contributed by atoms with E-state index in [1.54, 1.807) is 13.3 Å². The zero-order valence-corrected chi connectivity index (χ0v) is 15.2. The Morgan fingerprint density at radius 2 is 2.04 bits per heavy atom. The predicted molar refractivity (Wildman–Crippen MR) is 96.5 cm³/mol. The Morgan fingerprint density at radius 1 is 1.24 bits per heavy atom. The monoisotopic (exact) mass is 342 g/mol. The van der Waals surface area contributed by atoms with Crippen LogP contribution in [-0.4, -0.2) is 59.3 Å². The van der Waals surface area contributed by atoms with E-state index in [4.69, 9.17) is 4.74 Å². The van der Waals surface area contributed by atoms with E-state index in [2.05, 4.69) is 23.1 Å². The number of amides is 1. The van der Waals surface area contributed by atoms with Crippen molar-refractivity contribution in [3.05, 3.63) is 47.8 Å². The molecule has 1 aromatic carbocycles. The smallest absolute Gasteiger partial charge is 0.223 e. The number of likely N-dealkylation sites (N-methyl/N-ethyl adjacent to an activating group) is 1. The highest BCUT2D eigenvalue weighted by atomic mass is 16.5. The number of benzene rings is 1. The van der Waals surface area contributed by atoms with Crippen LogP contribution in [0, 0.1) is 0 Å². The van der Waals surface area contributed by atoms with Gasteiger partial charge in [0.25, 0.3) is 0 Å². The summed E-state index contributed by atoms with van der Waals surface area (Å²) in [6, 6.07) is 10.2.